The van der Waals surface area contributed by atoms with Crippen molar-refractivity contribution < 1.29 is 9.47 Å². The standard InChI is InChI=1S/C23H22ClN5O2S/c1-15-3-5-16(6-4-15)14-31-21-19(24)11-17(12-20(21)30-2)13-26-29-22(27-28-23(29)32)18-7-9-25-10-8-18/h3-12,26H,13-14H2,1-2H3,(H,28,32). The Morgan fingerprint density at radius 1 is 1.09 bits per heavy atom. The van der Waals surface area contributed by atoms with Crippen molar-refractivity contribution in [3.63, 3.8) is 0 Å². The van der Waals surface area contributed by atoms with E-state index in [1.807, 2.05) is 55.5 Å². The highest BCUT2D eigenvalue weighted by molar-refractivity contribution is 7.71. The van der Waals surface area contributed by atoms with Crippen LogP contribution in [0.4, 0.5) is 0 Å². The highest BCUT2D eigenvalue weighted by atomic mass is 35.5. The van der Waals surface area contributed by atoms with Crippen LogP contribution >= 0.6 is 23.8 Å². The Bertz CT molecular complexity index is 1260. The van der Waals surface area contributed by atoms with Gasteiger partial charge in [-0.1, -0.05) is 41.4 Å². The molecule has 0 radical (unpaired) electrons. The first-order valence-corrected chi connectivity index (χ1v) is 10.7. The Labute approximate surface area is 196 Å². The van der Waals surface area contributed by atoms with E-state index in [1.165, 1.54) is 5.56 Å². The molecule has 4 rings (SSSR count). The van der Waals surface area contributed by atoms with E-state index < -0.39 is 0 Å². The molecule has 4 aromatic rings. The van der Waals surface area contributed by atoms with Crippen molar-refractivity contribution in [2.75, 3.05) is 12.5 Å². The molecule has 2 aromatic heterocycles. The summed E-state index contributed by atoms with van der Waals surface area (Å²) >= 11 is 11.9. The molecule has 0 saturated carbocycles. The monoisotopic (exact) mass is 467 g/mol. The molecular formula is C23H22ClN5O2S. The highest BCUT2D eigenvalue weighted by Crippen LogP contribution is 2.37. The lowest BCUT2D eigenvalue weighted by Crippen LogP contribution is -2.16. The lowest BCUT2D eigenvalue weighted by molar-refractivity contribution is 0.284. The number of aromatic nitrogens is 4. The molecule has 0 spiro atoms. The maximum Gasteiger partial charge on any atom is 0.214 e. The van der Waals surface area contributed by atoms with Crippen molar-refractivity contribution in [2.45, 2.75) is 20.1 Å². The summed E-state index contributed by atoms with van der Waals surface area (Å²) in [6, 6.07) is 15.6. The zero-order valence-electron chi connectivity index (χ0n) is 17.6. The summed E-state index contributed by atoms with van der Waals surface area (Å²) in [6.45, 7) is 2.89. The lowest BCUT2D eigenvalue weighted by atomic mass is 10.1. The van der Waals surface area contributed by atoms with Crippen LogP contribution in [0.25, 0.3) is 11.4 Å². The Balaban J connectivity index is 1.51. The Hall–Kier alpha value is -3.36. The first-order chi connectivity index (χ1) is 15.5. The zero-order chi connectivity index (χ0) is 22.5. The molecule has 0 aliphatic heterocycles. The molecule has 0 atom stereocenters. The van der Waals surface area contributed by atoms with Crippen LogP contribution in [0.3, 0.4) is 0 Å². The molecule has 0 amide bonds. The quantitative estimate of drug-likeness (QED) is 0.342. The number of rotatable bonds is 8. The molecule has 0 unspecified atom stereocenters. The second-order valence-electron chi connectivity index (χ2n) is 7.14. The number of ether oxygens (including phenoxy) is 2. The average molecular weight is 468 g/mol. The van der Waals surface area contributed by atoms with Crippen LogP contribution in [-0.4, -0.2) is 27.0 Å². The minimum Gasteiger partial charge on any atom is -0.493 e. The van der Waals surface area contributed by atoms with Crippen molar-refractivity contribution in [3.8, 4) is 22.9 Å². The van der Waals surface area contributed by atoms with Crippen LogP contribution in [0.15, 0.2) is 60.9 Å². The Morgan fingerprint density at radius 2 is 1.84 bits per heavy atom. The summed E-state index contributed by atoms with van der Waals surface area (Å²) in [7, 11) is 1.59. The van der Waals surface area contributed by atoms with Crippen LogP contribution in [-0.2, 0) is 13.2 Å². The second-order valence-corrected chi connectivity index (χ2v) is 7.94. The van der Waals surface area contributed by atoms with Gasteiger partial charge in [0.05, 0.1) is 18.7 Å². The van der Waals surface area contributed by atoms with Crippen molar-refractivity contribution in [1.29, 1.82) is 0 Å². The van der Waals surface area contributed by atoms with Gasteiger partial charge in [-0.2, -0.15) is 5.10 Å². The van der Waals surface area contributed by atoms with Crippen LogP contribution < -0.4 is 14.9 Å². The molecular weight excluding hydrogens is 446 g/mol. The third-order valence-electron chi connectivity index (χ3n) is 4.85. The molecule has 9 heteroatoms. The van der Waals surface area contributed by atoms with Gasteiger partial charge in [0.15, 0.2) is 17.3 Å². The van der Waals surface area contributed by atoms with Crippen molar-refractivity contribution in [1.82, 2.24) is 19.9 Å². The molecule has 0 saturated heterocycles. The fourth-order valence-corrected chi connectivity index (χ4v) is 3.65. The summed E-state index contributed by atoms with van der Waals surface area (Å²) in [4.78, 5) is 4.04. The SMILES string of the molecule is COc1cc(CNn2c(-c3ccncc3)n[nH]c2=S)cc(Cl)c1OCc1ccc(C)cc1. The fourth-order valence-electron chi connectivity index (χ4n) is 3.16. The molecule has 0 aliphatic carbocycles. The third kappa shape index (κ3) is 4.92. The Morgan fingerprint density at radius 3 is 2.56 bits per heavy atom. The molecule has 0 aliphatic rings. The Kier molecular flexibility index (Phi) is 6.72. The average Bonchev–Trinajstić information content (AvgIpc) is 3.18. The number of hydrogen-bond acceptors (Lipinski definition) is 6. The molecule has 2 aromatic carbocycles. The van der Waals surface area contributed by atoms with Gasteiger partial charge in [0, 0.05) is 18.0 Å². The molecule has 0 bridgehead atoms. The third-order valence-corrected chi connectivity index (χ3v) is 5.40. The highest BCUT2D eigenvalue weighted by Gasteiger charge is 2.14. The van der Waals surface area contributed by atoms with E-state index in [4.69, 9.17) is 33.3 Å². The summed E-state index contributed by atoms with van der Waals surface area (Å²) in [6.07, 6.45) is 3.41. The van der Waals surface area contributed by atoms with E-state index in [2.05, 4.69) is 20.6 Å². The number of nitrogens with one attached hydrogen (secondary N) is 2. The molecule has 164 valence electrons. The summed E-state index contributed by atoms with van der Waals surface area (Å²) in [5.41, 5.74) is 7.32. The van der Waals surface area contributed by atoms with E-state index in [1.54, 1.807) is 24.2 Å². The first kappa shape index (κ1) is 21.9. The van der Waals surface area contributed by atoms with Crippen LogP contribution in [0.2, 0.25) is 5.02 Å². The van der Waals surface area contributed by atoms with E-state index in [-0.39, 0.29) is 0 Å². The van der Waals surface area contributed by atoms with Gasteiger partial charge in [-0.3, -0.25) is 4.98 Å². The van der Waals surface area contributed by atoms with E-state index in [0.29, 0.717) is 40.3 Å². The van der Waals surface area contributed by atoms with E-state index in [9.17, 15) is 0 Å². The largest absolute Gasteiger partial charge is 0.493 e. The number of halogens is 1. The van der Waals surface area contributed by atoms with Gasteiger partial charge in [0.25, 0.3) is 0 Å². The van der Waals surface area contributed by atoms with Gasteiger partial charge in [-0.25, -0.2) is 9.77 Å². The van der Waals surface area contributed by atoms with Gasteiger partial charge in [0.1, 0.15) is 6.61 Å². The number of H-pyrrole nitrogens is 1. The van der Waals surface area contributed by atoms with Gasteiger partial charge in [-0.15, -0.1) is 0 Å². The number of aromatic amines is 1. The molecule has 2 N–H and O–H groups in total. The maximum atomic E-state index is 6.54. The van der Waals surface area contributed by atoms with Crippen LogP contribution in [0, 0.1) is 11.7 Å². The topological polar surface area (TPSA) is 77.0 Å². The number of methoxy groups -OCH3 is 1. The smallest absolute Gasteiger partial charge is 0.214 e. The normalized spacial score (nSPS) is 10.7. The number of nitrogens with zero attached hydrogens (tertiary/aromatic N) is 3. The predicted molar refractivity (Wildman–Crippen MR) is 127 cm³/mol. The lowest BCUT2D eigenvalue weighted by Gasteiger charge is -2.15. The summed E-state index contributed by atoms with van der Waals surface area (Å²) < 4.78 is 13.7. The number of benzene rings is 2. The number of pyridine rings is 1. The molecule has 0 fully saturated rings. The van der Waals surface area contributed by atoms with Crippen LogP contribution in [0.5, 0.6) is 11.5 Å². The number of hydrogen-bond donors (Lipinski definition) is 2. The summed E-state index contributed by atoms with van der Waals surface area (Å²) in [5, 5.41) is 7.59. The molecule has 32 heavy (non-hydrogen) atoms. The van der Waals surface area contributed by atoms with Crippen molar-refractivity contribution >= 4 is 23.8 Å². The minimum absolute atomic E-state index is 0.396. The molecule has 7 nitrogen and oxygen atoms in total. The van der Waals surface area contributed by atoms with Crippen molar-refractivity contribution in [3.05, 3.63) is 87.4 Å². The molecule has 2 heterocycles. The zero-order valence-corrected chi connectivity index (χ0v) is 19.2. The van der Waals surface area contributed by atoms with Gasteiger partial charge < -0.3 is 14.9 Å². The second kappa shape index (κ2) is 9.84. The fraction of sp³-hybridized carbons (Fsp3) is 0.174. The summed E-state index contributed by atoms with van der Waals surface area (Å²) in [5.74, 6) is 1.73. The predicted octanol–water partition coefficient (Wildman–Crippen LogP) is 5.30. The number of aryl methyl sites for hydroxylation is 1. The van der Waals surface area contributed by atoms with Gasteiger partial charge in [-0.05, 0) is 54.5 Å². The van der Waals surface area contributed by atoms with Crippen LogP contribution in [0.1, 0.15) is 16.7 Å². The van der Waals surface area contributed by atoms with E-state index in [0.717, 1.165) is 16.7 Å². The van der Waals surface area contributed by atoms with E-state index >= 15 is 0 Å². The first-order valence-electron chi connectivity index (χ1n) is 9.91. The van der Waals surface area contributed by atoms with Crippen molar-refractivity contribution in [2.24, 2.45) is 0 Å². The maximum absolute atomic E-state index is 6.54. The van der Waals surface area contributed by atoms with Gasteiger partial charge in [0.2, 0.25) is 4.77 Å². The van der Waals surface area contributed by atoms with Gasteiger partial charge >= 0.3 is 0 Å². The minimum atomic E-state index is 0.396.